The number of hydrogen-bond donors (Lipinski definition) is 1. The van der Waals surface area contributed by atoms with Crippen molar-refractivity contribution in [1.29, 1.82) is 0 Å². The van der Waals surface area contributed by atoms with Crippen molar-refractivity contribution in [2.24, 2.45) is 5.73 Å². The normalized spacial score (nSPS) is 10.6. The number of primary amides is 1. The fourth-order valence-corrected chi connectivity index (χ4v) is 3.11. The van der Waals surface area contributed by atoms with E-state index in [1.54, 1.807) is 0 Å². The average Bonchev–Trinajstić information content (AvgIpc) is 3.04. The Balaban J connectivity index is 2.15. The van der Waals surface area contributed by atoms with E-state index in [-0.39, 0.29) is 5.56 Å². The smallest absolute Gasteiger partial charge is 0.252 e. The average molecular weight is 329 g/mol. The Morgan fingerprint density at radius 1 is 1.23 bits per heavy atom. The molecule has 3 aromatic rings. The van der Waals surface area contributed by atoms with Crippen LogP contribution in [0.1, 0.15) is 10.4 Å². The van der Waals surface area contributed by atoms with Gasteiger partial charge in [-0.1, -0.05) is 53.4 Å². The number of carbonyl (C=O) groups excluding carboxylic acids is 1. The highest BCUT2D eigenvalue weighted by molar-refractivity contribution is 8.00. The van der Waals surface area contributed by atoms with Gasteiger partial charge in [-0.15, -0.1) is 10.2 Å². The van der Waals surface area contributed by atoms with Gasteiger partial charge >= 0.3 is 0 Å². The summed E-state index contributed by atoms with van der Waals surface area (Å²) in [4.78, 5) is 20.3. The number of nitrogens with zero attached hydrogens (tertiary/aromatic N) is 4. The number of aromatic nitrogens is 4. The lowest BCUT2D eigenvalue weighted by molar-refractivity contribution is 0.100. The quantitative estimate of drug-likeness (QED) is 0.739. The van der Waals surface area contributed by atoms with Crippen LogP contribution in [0.3, 0.4) is 0 Å². The molecule has 2 N–H and O–H groups in total. The first-order valence-electron chi connectivity index (χ1n) is 6.29. The number of hydrogen-bond acceptors (Lipinski definition) is 7. The molecule has 0 aliphatic heterocycles. The van der Waals surface area contributed by atoms with Gasteiger partial charge < -0.3 is 5.73 Å². The van der Waals surface area contributed by atoms with Crippen LogP contribution in [-0.2, 0) is 0 Å². The molecule has 0 aliphatic carbocycles. The Morgan fingerprint density at radius 2 is 2.00 bits per heavy atom. The van der Waals surface area contributed by atoms with Crippen LogP contribution >= 0.6 is 23.1 Å². The molecule has 2 heterocycles. The van der Waals surface area contributed by atoms with Crippen molar-refractivity contribution in [3.05, 3.63) is 42.1 Å². The van der Waals surface area contributed by atoms with E-state index in [0.29, 0.717) is 16.5 Å². The van der Waals surface area contributed by atoms with Crippen molar-refractivity contribution < 1.29 is 4.79 Å². The lowest BCUT2D eigenvalue weighted by Crippen LogP contribution is -2.14. The van der Waals surface area contributed by atoms with E-state index < -0.39 is 5.91 Å². The summed E-state index contributed by atoms with van der Waals surface area (Å²) >= 11 is 2.85. The van der Waals surface area contributed by atoms with Crippen molar-refractivity contribution in [1.82, 2.24) is 20.2 Å². The Hall–Kier alpha value is -2.32. The molecule has 0 unspecified atom stereocenters. The molecular formula is C14H11N5OS2. The lowest BCUT2D eigenvalue weighted by atomic mass is 10.2. The molecular weight excluding hydrogens is 318 g/mol. The minimum absolute atomic E-state index is 0.239. The highest BCUT2D eigenvalue weighted by atomic mass is 32.2. The number of carbonyl (C=O) groups is 1. The highest BCUT2D eigenvalue weighted by Gasteiger charge is 2.18. The summed E-state index contributed by atoms with van der Waals surface area (Å²) < 4.78 is 0.797. The third-order valence-corrected chi connectivity index (χ3v) is 4.78. The fraction of sp³-hybridized carbons (Fsp3) is 0.0714. The first-order valence-corrected chi connectivity index (χ1v) is 8.33. The third-order valence-electron chi connectivity index (χ3n) is 2.87. The minimum atomic E-state index is -0.587. The van der Waals surface area contributed by atoms with E-state index in [9.17, 15) is 4.79 Å². The largest absolute Gasteiger partial charge is 0.365 e. The topological polar surface area (TPSA) is 94.7 Å². The maximum absolute atomic E-state index is 11.6. The van der Waals surface area contributed by atoms with Crippen LogP contribution in [0.2, 0.25) is 0 Å². The van der Waals surface area contributed by atoms with E-state index in [2.05, 4.69) is 20.2 Å². The zero-order chi connectivity index (χ0) is 15.5. The SMILES string of the molecule is CSc1nnc(-c2nc(-c3ccccc3)ncc2C(N)=O)s1. The zero-order valence-corrected chi connectivity index (χ0v) is 13.2. The molecule has 110 valence electrons. The van der Waals surface area contributed by atoms with Gasteiger partial charge in [0, 0.05) is 11.8 Å². The number of nitrogens with two attached hydrogens (primary N) is 1. The summed E-state index contributed by atoms with van der Waals surface area (Å²) in [7, 11) is 0. The van der Waals surface area contributed by atoms with Crippen molar-refractivity contribution in [3.63, 3.8) is 0 Å². The summed E-state index contributed by atoms with van der Waals surface area (Å²) in [5, 5.41) is 8.67. The summed E-state index contributed by atoms with van der Waals surface area (Å²) in [6, 6.07) is 9.51. The maximum atomic E-state index is 11.6. The van der Waals surface area contributed by atoms with Gasteiger partial charge in [-0.3, -0.25) is 4.79 Å². The maximum Gasteiger partial charge on any atom is 0.252 e. The van der Waals surface area contributed by atoms with Crippen molar-refractivity contribution in [3.8, 4) is 22.1 Å². The van der Waals surface area contributed by atoms with Crippen LogP contribution in [0.25, 0.3) is 22.1 Å². The van der Waals surface area contributed by atoms with E-state index in [4.69, 9.17) is 5.73 Å². The second-order valence-corrected chi connectivity index (χ2v) is 6.29. The molecule has 1 aromatic carbocycles. The predicted octanol–water partition coefficient (Wildman–Crippen LogP) is 2.48. The summed E-state index contributed by atoms with van der Waals surface area (Å²) in [5.41, 5.74) is 6.92. The first kappa shape index (κ1) is 14.6. The van der Waals surface area contributed by atoms with Gasteiger partial charge in [0.1, 0.15) is 5.69 Å². The predicted molar refractivity (Wildman–Crippen MR) is 86.7 cm³/mol. The lowest BCUT2D eigenvalue weighted by Gasteiger charge is -2.05. The molecule has 1 amide bonds. The molecule has 22 heavy (non-hydrogen) atoms. The monoisotopic (exact) mass is 329 g/mol. The Labute approximate surface area is 134 Å². The standard InChI is InChI=1S/C14H11N5OS2/c1-21-14-19-18-13(22-14)10-9(11(15)20)7-16-12(17-10)8-5-3-2-4-6-8/h2-7H,1H3,(H2,15,20). The molecule has 2 aromatic heterocycles. The van der Waals surface area contributed by atoms with Crippen LogP contribution in [0, 0.1) is 0 Å². The minimum Gasteiger partial charge on any atom is -0.365 e. The first-order chi connectivity index (χ1) is 10.7. The van der Waals surface area contributed by atoms with Crippen molar-refractivity contribution in [2.75, 3.05) is 6.26 Å². The number of benzene rings is 1. The van der Waals surface area contributed by atoms with Crippen molar-refractivity contribution >= 4 is 29.0 Å². The van der Waals surface area contributed by atoms with E-state index >= 15 is 0 Å². The molecule has 0 saturated carbocycles. The molecule has 0 atom stereocenters. The summed E-state index contributed by atoms with van der Waals surface area (Å²) in [6.45, 7) is 0. The van der Waals surface area contributed by atoms with Crippen LogP contribution in [0.15, 0.2) is 40.9 Å². The number of rotatable bonds is 4. The Bertz CT molecular complexity index is 819. The second-order valence-electron chi connectivity index (χ2n) is 4.26. The molecule has 8 heteroatoms. The van der Waals surface area contributed by atoms with Gasteiger partial charge in [0.2, 0.25) is 0 Å². The molecule has 0 saturated heterocycles. The van der Waals surface area contributed by atoms with E-state index in [0.717, 1.165) is 9.90 Å². The Kier molecular flexibility index (Phi) is 4.12. The summed E-state index contributed by atoms with van der Waals surface area (Å²) in [6.07, 6.45) is 3.35. The fourth-order valence-electron chi connectivity index (χ4n) is 1.84. The Morgan fingerprint density at radius 3 is 2.64 bits per heavy atom. The molecule has 3 rings (SSSR count). The van der Waals surface area contributed by atoms with E-state index in [1.807, 2.05) is 36.6 Å². The van der Waals surface area contributed by atoms with Gasteiger partial charge in [-0.05, 0) is 6.26 Å². The highest BCUT2D eigenvalue weighted by Crippen LogP contribution is 2.30. The van der Waals surface area contributed by atoms with Gasteiger partial charge in [0.05, 0.1) is 5.56 Å². The van der Waals surface area contributed by atoms with Crippen molar-refractivity contribution in [2.45, 2.75) is 4.34 Å². The molecule has 0 fully saturated rings. The molecule has 0 spiro atoms. The molecule has 6 nitrogen and oxygen atoms in total. The molecule has 0 radical (unpaired) electrons. The number of amides is 1. The van der Waals surface area contributed by atoms with Gasteiger partial charge in [-0.25, -0.2) is 9.97 Å². The third kappa shape index (κ3) is 2.83. The molecule has 0 aliphatic rings. The second kappa shape index (κ2) is 6.20. The van der Waals surface area contributed by atoms with Gasteiger partial charge in [0.25, 0.3) is 5.91 Å². The number of thioether (sulfide) groups is 1. The van der Waals surface area contributed by atoms with Crippen LogP contribution < -0.4 is 5.73 Å². The van der Waals surface area contributed by atoms with Crippen LogP contribution in [-0.4, -0.2) is 32.3 Å². The van der Waals surface area contributed by atoms with Gasteiger partial charge in [0.15, 0.2) is 15.2 Å². The van der Waals surface area contributed by atoms with E-state index in [1.165, 1.54) is 29.3 Å². The van der Waals surface area contributed by atoms with Crippen LogP contribution in [0.5, 0.6) is 0 Å². The zero-order valence-electron chi connectivity index (χ0n) is 11.6. The summed E-state index contributed by atoms with van der Waals surface area (Å²) in [5.74, 6) is -0.0722. The van der Waals surface area contributed by atoms with Gasteiger partial charge in [-0.2, -0.15) is 0 Å². The van der Waals surface area contributed by atoms with Crippen LogP contribution in [0.4, 0.5) is 0 Å². The molecule has 0 bridgehead atoms.